The largest absolute Gasteiger partial charge is 0.484 e. The molecule has 1 saturated carbocycles. The van der Waals surface area contributed by atoms with Gasteiger partial charge in [-0.2, -0.15) is 8.78 Å². The van der Waals surface area contributed by atoms with Gasteiger partial charge in [-0.1, -0.05) is 0 Å². The van der Waals surface area contributed by atoms with E-state index in [0.29, 0.717) is 0 Å². The molecule has 0 radical (unpaired) electrons. The number of esters is 1. The number of halogens is 3. The first-order valence-electron chi connectivity index (χ1n) is 8.21. The quantitative estimate of drug-likeness (QED) is 0.756. The molecule has 0 unspecified atom stereocenters. The lowest BCUT2D eigenvalue weighted by Gasteiger charge is -2.30. The summed E-state index contributed by atoms with van der Waals surface area (Å²) in [6, 6.07) is 3.12. The molecule has 26 heavy (non-hydrogen) atoms. The SMILES string of the molecule is CC1(Oc2cc(C(=O)OC(C)(C)C(F)(F)C(=O)O)ccc2F)CCCC1. The Morgan fingerprint density at radius 3 is 2.31 bits per heavy atom. The van der Waals surface area contributed by atoms with Gasteiger partial charge in [0.25, 0.3) is 0 Å². The molecule has 1 aromatic carbocycles. The summed E-state index contributed by atoms with van der Waals surface area (Å²) in [5, 5.41) is 8.62. The Balaban J connectivity index is 2.22. The number of hydrogen-bond acceptors (Lipinski definition) is 4. The lowest BCUT2D eigenvalue weighted by molar-refractivity contribution is -0.200. The van der Waals surface area contributed by atoms with Crippen molar-refractivity contribution in [1.29, 1.82) is 0 Å². The van der Waals surface area contributed by atoms with E-state index in [1.807, 2.05) is 6.92 Å². The Hall–Kier alpha value is -2.25. The van der Waals surface area contributed by atoms with Crippen molar-refractivity contribution in [3.63, 3.8) is 0 Å². The summed E-state index contributed by atoms with van der Waals surface area (Å²) in [5.74, 6) is -8.76. The smallest absolute Gasteiger partial charge is 0.380 e. The van der Waals surface area contributed by atoms with Crippen molar-refractivity contribution >= 4 is 11.9 Å². The second-order valence-electron chi connectivity index (χ2n) is 7.18. The van der Waals surface area contributed by atoms with Crippen LogP contribution in [-0.2, 0) is 9.53 Å². The summed E-state index contributed by atoms with van der Waals surface area (Å²) in [6.45, 7) is 3.42. The highest BCUT2D eigenvalue weighted by atomic mass is 19.3. The van der Waals surface area contributed by atoms with Gasteiger partial charge in [-0.25, -0.2) is 14.0 Å². The topological polar surface area (TPSA) is 72.8 Å². The van der Waals surface area contributed by atoms with Gasteiger partial charge in [0.15, 0.2) is 17.2 Å². The molecule has 144 valence electrons. The highest BCUT2D eigenvalue weighted by molar-refractivity contribution is 5.90. The van der Waals surface area contributed by atoms with Crippen LogP contribution in [0, 0.1) is 5.82 Å². The fourth-order valence-corrected chi connectivity index (χ4v) is 2.81. The van der Waals surface area contributed by atoms with Crippen molar-refractivity contribution < 1.29 is 37.3 Å². The monoisotopic (exact) mass is 374 g/mol. The lowest BCUT2D eigenvalue weighted by atomic mass is 10.0. The molecule has 0 atom stereocenters. The fraction of sp³-hybridized carbons (Fsp3) is 0.556. The van der Waals surface area contributed by atoms with Gasteiger partial charge in [0.05, 0.1) is 5.56 Å². The molecule has 0 aliphatic heterocycles. The van der Waals surface area contributed by atoms with Crippen LogP contribution in [0.1, 0.15) is 56.8 Å². The van der Waals surface area contributed by atoms with Crippen LogP contribution in [0.4, 0.5) is 13.2 Å². The van der Waals surface area contributed by atoms with Crippen molar-refractivity contribution in [3.05, 3.63) is 29.6 Å². The molecule has 0 amide bonds. The maximum Gasteiger partial charge on any atom is 0.380 e. The van der Waals surface area contributed by atoms with Crippen molar-refractivity contribution in [1.82, 2.24) is 0 Å². The van der Waals surface area contributed by atoms with Gasteiger partial charge in [0.2, 0.25) is 0 Å². The van der Waals surface area contributed by atoms with Gasteiger partial charge in [0, 0.05) is 0 Å². The number of alkyl halides is 2. The molecule has 2 rings (SSSR count). The van der Waals surface area contributed by atoms with Crippen LogP contribution in [0.25, 0.3) is 0 Å². The predicted molar refractivity (Wildman–Crippen MR) is 86.0 cm³/mol. The lowest BCUT2D eigenvalue weighted by Crippen LogP contribution is -2.51. The van der Waals surface area contributed by atoms with Crippen LogP contribution < -0.4 is 4.74 Å². The second-order valence-corrected chi connectivity index (χ2v) is 7.18. The maximum atomic E-state index is 14.0. The molecule has 0 aromatic heterocycles. The van der Waals surface area contributed by atoms with E-state index in [1.54, 1.807) is 0 Å². The molecule has 0 bridgehead atoms. The van der Waals surface area contributed by atoms with Gasteiger partial charge in [0.1, 0.15) is 5.60 Å². The first-order chi connectivity index (χ1) is 11.9. The summed E-state index contributed by atoms with van der Waals surface area (Å²) < 4.78 is 51.8. The zero-order chi connectivity index (χ0) is 19.8. The van der Waals surface area contributed by atoms with E-state index in [2.05, 4.69) is 0 Å². The van der Waals surface area contributed by atoms with Crippen molar-refractivity contribution in [2.75, 3.05) is 0 Å². The molecule has 1 fully saturated rings. The number of ether oxygens (including phenoxy) is 2. The number of carbonyl (C=O) groups is 2. The van der Waals surface area contributed by atoms with Crippen molar-refractivity contribution in [2.24, 2.45) is 0 Å². The second kappa shape index (κ2) is 6.81. The number of rotatable bonds is 6. The van der Waals surface area contributed by atoms with E-state index < -0.39 is 34.9 Å². The van der Waals surface area contributed by atoms with Gasteiger partial charge in [-0.3, -0.25) is 0 Å². The molecule has 1 aliphatic carbocycles. The van der Waals surface area contributed by atoms with Crippen LogP contribution in [0.5, 0.6) is 5.75 Å². The number of carbonyl (C=O) groups excluding carboxylic acids is 1. The molecule has 1 aromatic rings. The Morgan fingerprint density at radius 2 is 1.77 bits per heavy atom. The summed E-state index contributed by atoms with van der Waals surface area (Å²) in [7, 11) is 0. The minimum atomic E-state index is -4.29. The first-order valence-corrected chi connectivity index (χ1v) is 8.21. The molecule has 0 spiro atoms. The third-order valence-electron chi connectivity index (χ3n) is 4.56. The van der Waals surface area contributed by atoms with E-state index in [0.717, 1.165) is 57.7 Å². The Kier molecular flexibility index (Phi) is 5.26. The average molecular weight is 374 g/mol. The van der Waals surface area contributed by atoms with Crippen LogP contribution in [0.15, 0.2) is 18.2 Å². The van der Waals surface area contributed by atoms with Crippen molar-refractivity contribution in [2.45, 2.75) is 63.6 Å². The third kappa shape index (κ3) is 3.94. The normalized spacial score (nSPS) is 17.0. The Morgan fingerprint density at radius 1 is 1.19 bits per heavy atom. The third-order valence-corrected chi connectivity index (χ3v) is 4.56. The first kappa shape index (κ1) is 20.1. The van der Waals surface area contributed by atoms with Crippen LogP contribution in [-0.4, -0.2) is 34.2 Å². The molecular formula is C18H21F3O5. The molecular weight excluding hydrogens is 353 g/mol. The van der Waals surface area contributed by atoms with E-state index >= 15 is 0 Å². The highest BCUT2D eigenvalue weighted by Gasteiger charge is 2.56. The number of benzene rings is 1. The van der Waals surface area contributed by atoms with Gasteiger partial charge >= 0.3 is 17.9 Å². The standard InChI is InChI=1S/C18H21F3O5/c1-16(2,18(20,21)15(23)24)26-14(22)11-6-7-12(19)13(10-11)25-17(3)8-4-5-9-17/h6-7,10H,4-5,8-9H2,1-3H3,(H,23,24). The molecule has 8 heteroatoms. The summed E-state index contributed by atoms with van der Waals surface area (Å²) >= 11 is 0. The molecule has 1 N–H and O–H groups in total. The number of carboxylic acid groups (broad SMARTS) is 1. The fourth-order valence-electron chi connectivity index (χ4n) is 2.81. The zero-order valence-electron chi connectivity index (χ0n) is 14.8. The van der Waals surface area contributed by atoms with Crippen LogP contribution in [0.2, 0.25) is 0 Å². The van der Waals surface area contributed by atoms with E-state index in [9.17, 15) is 22.8 Å². The summed E-state index contributed by atoms with van der Waals surface area (Å²) in [6.07, 6.45) is 3.36. The maximum absolute atomic E-state index is 14.0. The van der Waals surface area contributed by atoms with Gasteiger partial charge in [-0.15, -0.1) is 0 Å². The Labute approximate surface area is 149 Å². The van der Waals surface area contributed by atoms with Crippen LogP contribution in [0.3, 0.4) is 0 Å². The van der Waals surface area contributed by atoms with Crippen LogP contribution >= 0.6 is 0 Å². The minimum absolute atomic E-state index is 0.174. The van der Waals surface area contributed by atoms with E-state index in [-0.39, 0.29) is 11.3 Å². The number of carboxylic acids is 1. The van der Waals surface area contributed by atoms with Gasteiger partial charge < -0.3 is 14.6 Å². The average Bonchev–Trinajstić information content (AvgIpc) is 2.95. The zero-order valence-corrected chi connectivity index (χ0v) is 14.8. The summed E-state index contributed by atoms with van der Waals surface area (Å²) in [4.78, 5) is 22.9. The number of aliphatic carboxylic acids is 1. The predicted octanol–water partition coefficient (Wildman–Crippen LogP) is 4.19. The van der Waals surface area contributed by atoms with Crippen molar-refractivity contribution in [3.8, 4) is 5.75 Å². The Bertz CT molecular complexity index is 709. The summed E-state index contributed by atoms with van der Waals surface area (Å²) in [5.41, 5.74) is -3.36. The molecule has 0 heterocycles. The molecule has 1 aliphatic rings. The van der Waals surface area contributed by atoms with E-state index in [1.165, 1.54) is 0 Å². The van der Waals surface area contributed by atoms with Gasteiger partial charge in [-0.05, 0) is 64.7 Å². The minimum Gasteiger partial charge on any atom is -0.484 e. The highest BCUT2D eigenvalue weighted by Crippen LogP contribution is 2.36. The van der Waals surface area contributed by atoms with E-state index in [4.69, 9.17) is 14.6 Å². The molecule has 0 saturated heterocycles. The molecule has 5 nitrogen and oxygen atoms in total. The number of hydrogen-bond donors (Lipinski definition) is 1.